The van der Waals surface area contributed by atoms with Crippen molar-refractivity contribution in [2.75, 3.05) is 14.2 Å². The summed E-state index contributed by atoms with van der Waals surface area (Å²) in [5.74, 6) is -3.30. The van der Waals surface area contributed by atoms with Crippen LogP contribution in [0.1, 0.15) is 63.3 Å². The highest BCUT2D eigenvalue weighted by molar-refractivity contribution is 6.07. The summed E-state index contributed by atoms with van der Waals surface area (Å²) in [6.07, 6.45) is 1.66. The molecule has 200 valence electrons. The Morgan fingerprint density at radius 3 is 2.21 bits per heavy atom. The molecule has 0 aromatic heterocycles. The monoisotopic (exact) mass is 520 g/mol. The first kappa shape index (κ1) is 25.8. The summed E-state index contributed by atoms with van der Waals surface area (Å²) < 4.78 is 22.5. The van der Waals surface area contributed by atoms with Gasteiger partial charge in [-0.05, 0) is 28.8 Å². The normalized spacial score (nSPS) is 24.8. The number of rotatable bonds is 4. The average Bonchev–Trinajstić information content (AvgIpc) is 3.18. The quantitative estimate of drug-likeness (QED) is 0.440. The minimum atomic E-state index is -1.92. The standard InChI is InChI=1S/C29H32N2O7/c1-27(2,3)24(32)22-21(16-12-13-19(35-6)20(14-16)36-7)29(25(33)37-28(4,5)38-26(29)34)23-18-11-9-8-10-17(18)15-30-31(22)23/h8-15,21-23H,1-7H3/t21-,22+,23-/m1/s1. The lowest BCUT2D eigenvalue weighted by Gasteiger charge is -2.44. The van der Waals surface area contributed by atoms with Gasteiger partial charge in [-0.1, -0.05) is 51.1 Å². The number of methoxy groups -OCH3 is 2. The third kappa shape index (κ3) is 3.59. The molecule has 0 radical (unpaired) electrons. The maximum Gasteiger partial charge on any atom is 0.330 e. The number of carbonyl (C=O) groups is 3. The van der Waals surface area contributed by atoms with Crippen molar-refractivity contribution in [3.8, 4) is 11.5 Å². The number of fused-ring (bicyclic) bond motifs is 4. The summed E-state index contributed by atoms with van der Waals surface area (Å²) in [5, 5.41) is 6.27. The molecule has 3 atom stereocenters. The van der Waals surface area contributed by atoms with Gasteiger partial charge in [-0.3, -0.25) is 19.4 Å². The van der Waals surface area contributed by atoms with Crippen LogP contribution in [0.5, 0.6) is 11.5 Å². The minimum absolute atomic E-state index is 0.180. The van der Waals surface area contributed by atoms with Crippen LogP contribution in [0.3, 0.4) is 0 Å². The topological polar surface area (TPSA) is 104 Å². The Morgan fingerprint density at radius 1 is 0.974 bits per heavy atom. The summed E-state index contributed by atoms with van der Waals surface area (Å²) in [5.41, 5.74) is -0.779. The van der Waals surface area contributed by atoms with E-state index in [2.05, 4.69) is 5.10 Å². The van der Waals surface area contributed by atoms with E-state index in [1.54, 1.807) is 29.4 Å². The number of nitrogens with zero attached hydrogens (tertiary/aromatic N) is 2. The van der Waals surface area contributed by atoms with Gasteiger partial charge in [0.15, 0.2) is 17.3 Å². The number of esters is 2. The van der Waals surface area contributed by atoms with Crippen LogP contribution in [0, 0.1) is 10.8 Å². The molecule has 0 aliphatic carbocycles. The smallest absolute Gasteiger partial charge is 0.330 e. The van der Waals surface area contributed by atoms with Gasteiger partial charge in [-0.2, -0.15) is 5.10 Å². The lowest BCUT2D eigenvalue weighted by Crippen LogP contribution is -2.58. The molecule has 9 nitrogen and oxygen atoms in total. The predicted octanol–water partition coefficient (Wildman–Crippen LogP) is 4.00. The maximum atomic E-state index is 14.2. The molecule has 0 unspecified atom stereocenters. The van der Waals surface area contributed by atoms with Gasteiger partial charge in [-0.25, -0.2) is 0 Å². The van der Waals surface area contributed by atoms with Crippen LogP contribution in [0.4, 0.5) is 0 Å². The summed E-state index contributed by atoms with van der Waals surface area (Å²) in [6, 6.07) is 10.6. The Bertz CT molecular complexity index is 1340. The Morgan fingerprint density at radius 2 is 1.61 bits per heavy atom. The number of carbonyl (C=O) groups excluding carboxylic acids is 3. The second-order valence-electron chi connectivity index (χ2n) is 11.4. The largest absolute Gasteiger partial charge is 0.493 e. The van der Waals surface area contributed by atoms with Crippen LogP contribution >= 0.6 is 0 Å². The first-order valence-electron chi connectivity index (χ1n) is 12.5. The van der Waals surface area contributed by atoms with Gasteiger partial charge in [0, 0.05) is 25.2 Å². The van der Waals surface area contributed by atoms with Gasteiger partial charge in [-0.15, -0.1) is 0 Å². The van der Waals surface area contributed by atoms with Crippen molar-refractivity contribution in [1.82, 2.24) is 5.01 Å². The van der Waals surface area contributed by atoms with E-state index in [0.717, 1.165) is 5.56 Å². The first-order valence-corrected chi connectivity index (χ1v) is 12.5. The predicted molar refractivity (Wildman–Crippen MR) is 138 cm³/mol. The van der Waals surface area contributed by atoms with Crippen molar-refractivity contribution < 1.29 is 33.3 Å². The van der Waals surface area contributed by atoms with Crippen molar-refractivity contribution >= 4 is 23.9 Å². The Kier molecular flexibility index (Phi) is 5.81. The van der Waals surface area contributed by atoms with Crippen molar-refractivity contribution in [2.45, 2.75) is 58.4 Å². The van der Waals surface area contributed by atoms with Crippen molar-refractivity contribution in [1.29, 1.82) is 0 Å². The molecule has 3 aliphatic heterocycles. The van der Waals surface area contributed by atoms with Crippen molar-refractivity contribution in [3.05, 3.63) is 59.2 Å². The number of Topliss-reactive ketones (excluding diaryl/α,β-unsaturated/α-hetero) is 1. The number of hydrogen-bond donors (Lipinski definition) is 0. The molecule has 0 bridgehead atoms. The maximum absolute atomic E-state index is 14.2. The zero-order chi connectivity index (χ0) is 27.6. The van der Waals surface area contributed by atoms with Crippen LogP contribution in [0.2, 0.25) is 0 Å². The zero-order valence-corrected chi connectivity index (χ0v) is 22.6. The third-order valence-corrected chi connectivity index (χ3v) is 7.53. The second kappa shape index (κ2) is 8.58. The van der Waals surface area contributed by atoms with Gasteiger partial charge in [0.25, 0.3) is 5.79 Å². The fourth-order valence-electron chi connectivity index (χ4n) is 5.88. The van der Waals surface area contributed by atoms with E-state index in [0.29, 0.717) is 22.6 Å². The zero-order valence-electron chi connectivity index (χ0n) is 22.6. The molecule has 2 fully saturated rings. The van der Waals surface area contributed by atoms with Gasteiger partial charge < -0.3 is 18.9 Å². The van der Waals surface area contributed by atoms with E-state index < -0.39 is 46.6 Å². The van der Waals surface area contributed by atoms with Crippen LogP contribution in [0.15, 0.2) is 47.6 Å². The number of hydrazone groups is 1. The molecule has 3 aliphatic rings. The molecule has 2 saturated heterocycles. The Hall–Kier alpha value is -3.88. The van der Waals surface area contributed by atoms with Gasteiger partial charge >= 0.3 is 11.9 Å². The highest BCUT2D eigenvalue weighted by atomic mass is 16.7. The molecule has 3 heterocycles. The van der Waals surface area contributed by atoms with Crippen molar-refractivity contribution in [2.24, 2.45) is 15.9 Å². The molecule has 9 heteroatoms. The fraction of sp³-hybridized carbons (Fsp3) is 0.448. The molecule has 1 spiro atoms. The van der Waals surface area contributed by atoms with Gasteiger partial charge in [0.1, 0.15) is 12.1 Å². The first-order chi connectivity index (χ1) is 17.9. The van der Waals surface area contributed by atoms with E-state index >= 15 is 0 Å². The summed E-state index contributed by atoms with van der Waals surface area (Å²) in [4.78, 5) is 42.6. The van der Waals surface area contributed by atoms with Crippen LogP contribution in [-0.4, -0.2) is 55.0 Å². The second-order valence-corrected chi connectivity index (χ2v) is 11.4. The number of cyclic esters (lactones) is 2. The van der Waals surface area contributed by atoms with Crippen molar-refractivity contribution in [3.63, 3.8) is 0 Å². The van der Waals surface area contributed by atoms with Gasteiger partial charge in [0.05, 0.1) is 20.4 Å². The minimum Gasteiger partial charge on any atom is -0.493 e. The Labute approximate surface area is 221 Å². The summed E-state index contributed by atoms with van der Waals surface area (Å²) >= 11 is 0. The van der Waals surface area contributed by atoms with Crippen LogP contribution in [-0.2, 0) is 23.9 Å². The highest BCUT2D eigenvalue weighted by Gasteiger charge is 2.75. The molecular formula is C29H32N2O7. The molecule has 38 heavy (non-hydrogen) atoms. The Balaban J connectivity index is 1.86. The molecule has 0 amide bonds. The SMILES string of the molecule is COc1ccc([C@@H]2[C@@H](C(=O)C(C)(C)C)N3N=Cc4ccccc4[C@@H]3C23C(=O)OC(C)(C)OC3=O)cc1OC. The average molecular weight is 521 g/mol. The molecule has 0 saturated carbocycles. The van der Waals surface area contributed by atoms with Gasteiger partial charge in [0.2, 0.25) is 5.41 Å². The van der Waals surface area contributed by atoms with E-state index in [9.17, 15) is 14.4 Å². The number of hydrogen-bond acceptors (Lipinski definition) is 9. The number of benzene rings is 2. The molecule has 5 rings (SSSR count). The molecule has 0 N–H and O–H groups in total. The van der Waals surface area contributed by atoms with E-state index in [1.165, 1.54) is 28.1 Å². The fourth-order valence-corrected chi connectivity index (χ4v) is 5.88. The van der Waals surface area contributed by atoms with E-state index in [4.69, 9.17) is 18.9 Å². The molecule has 2 aromatic carbocycles. The summed E-state index contributed by atoms with van der Waals surface area (Å²) in [7, 11) is 3.02. The van der Waals surface area contributed by atoms with E-state index in [1.807, 2.05) is 45.0 Å². The number of ketones is 1. The van der Waals surface area contributed by atoms with Crippen LogP contribution < -0.4 is 9.47 Å². The lowest BCUT2D eigenvalue weighted by molar-refractivity contribution is -0.254. The summed E-state index contributed by atoms with van der Waals surface area (Å²) in [6.45, 7) is 8.45. The highest BCUT2D eigenvalue weighted by Crippen LogP contribution is 2.63. The van der Waals surface area contributed by atoms with Crippen LogP contribution in [0.25, 0.3) is 0 Å². The lowest BCUT2D eigenvalue weighted by atomic mass is 9.64. The molecular weight excluding hydrogens is 488 g/mol. The number of ether oxygens (including phenoxy) is 4. The third-order valence-electron chi connectivity index (χ3n) is 7.53. The molecule has 2 aromatic rings. The van der Waals surface area contributed by atoms with E-state index in [-0.39, 0.29) is 5.78 Å².